The largest absolute Gasteiger partial charge is 0.456 e. The summed E-state index contributed by atoms with van der Waals surface area (Å²) in [4.78, 5) is 5.07. The monoisotopic (exact) mass is 621 g/mol. The third-order valence-corrected chi connectivity index (χ3v) is 8.97. The van der Waals surface area contributed by atoms with Crippen molar-refractivity contribution >= 4 is 21.9 Å². The minimum Gasteiger partial charge on any atom is -0.456 e. The van der Waals surface area contributed by atoms with Crippen molar-refractivity contribution in [3.8, 4) is 67.4 Å². The second-order valence-electron chi connectivity index (χ2n) is 12.7. The van der Waals surface area contributed by atoms with Crippen LogP contribution < -0.4 is 9.47 Å². The minimum absolute atomic E-state index is 0.768. The van der Waals surface area contributed by atoms with Gasteiger partial charge in [0.2, 0.25) is 5.79 Å². The van der Waals surface area contributed by atoms with Gasteiger partial charge in [-0.3, -0.25) is 0 Å². The fraction of sp³-hybridized carbons (Fsp3) is 0.0682. The van der Waals surface area contributed by atoms with Gasteiger partial charge >= 0.3 is 0 Å². The highest BCUT2D eigenvalue weighted by Crippen LogP contribution is 2.46. The molecule has 0 saturated heterocycles. The number of ether oxygens (including phenoxy) is 2. The van der Waals surface area contributed by atoms with E-state index in [4.69, 9.17) is 18.9 Å². The third-order valence-electron chi connectivity index (χ3n) is 8.97. The standard InChI is InChI=1S/C44H31NO3/c1-44(2)47-42-22-19-31(30-18-21-41-36(23-30)34-15-9-10-16-40(34)46-41)24-37(42)35-20-17-32(27-43(35)48-44)33-25-38(28-11-5-3-6-12-28)45-39(26-33)29-13-7-4-8-14-29/h3-27H,1-2H3. The molecule has 2 aromatic heterocycles. The number of furan rings is 1. The van der Waals surface area contributed by atoms with E-state index in [1.54, 1.807) is 0 Å². The predicted molar refractivity (Wildman–Crippen MR) is 194 cm³/mol. The molecule has 8 aromatic rings. The Morgan fingerprint density at radius 1 is 0.417 bits per heavy atom. The number of fused-ring (bicyclic) bond motifs is 6. The van der Waals surface area contributed by atoms with E-state index in [-0.39, 0.29) is 0 Å². The van der Waals surface area contributed by atoms with Crippen LogP contribution in [0.1, 0.15) is 13.8 Å². The summed E-state index contributed by atoms with van der Waals surface area (Å²) in [5.41, 5.74) is 12.0. The molecule has 4 heteroatoms. The molecule has 0 N–H and O–H groups in total. The summed E-state index contributed by atoms with van der Waals surface area (Å²) in [6, 6.07) is 52.3. The third kappa shape index (κ3) is 4.99. The quantitative estimate of drug-likeness (QED) is 0.196. The molecule has 0 radical (unpaired) electrons. The van der Waals surface area contributed by atoms with E-state index in [0.29, 0.717) is 0 Å². The van der Waals surface area contributed by atoms with Crippen LogP contribution in [0.5, 0.6) is 11.5 Å². The number of nitrogens with zero attached hydrogens (tertiary/aromatic N) is 1. The average Bonchev–Trinajstić information content (AvgIpc) is 3.45. The molecule has 0 atom stereocenters. The van der Waals surface area contributed by atoms with Crippen LogP contribution >= 0.6 is 0 Å². The van der Waals surface area contributed by atoms with Gasteiger partial charge in [-0.25, -0.2) is 4.98 Å². The first kappa shape index (κ1) is 28.1. The van der Waals surface area contributed by atoms with Crippen LogP contribution in [0.25, 0.3) is 77.8 Å². The maximum Gasteiger partial charge on any atom is 0.245 e. The van der Waals surface area contributed by atoms with Gasteiger partial charge in [0.05, 0.1) is 11.4 Å². The molecule has 0 spiro atoms. The van der Waals surface area contributed by atoms with Crippen LogP contribution in [-0.2, 0) is 0 Å². The summed E-state index contributed by atoms with van der Waals surface area (Å²) in [6.07, 6.45) is 0. The van der Waals surface area contributed by atoms with E-state index in [0.717, 1.165) is 89.3 Å². The normalized spacial score (nSPS) is 13.3. The lowest BCUT2D eigenvalue weighted by Gasteiger charge is -2.26. The molecule has 0 amide bonds. The summed E-state index contributed by atoms with van der Waals surface area (Å²) in [7, 11) is 0. The van der Waals surface area contributed by atoms with Crippen molar-refractivity contribution in [1.82, 2.24) is 4.98 Å². The van der Waals surface area contributed by atoms with Crippen LogP contribution in [0, 0.1) is 0 Å². The van der Waals surface area contributed by atoms with Crippen molar-refractivity contribution in [3.05, 3.63) is 152 Å². The van der Waals surface area contributed by atoms with Crippen LogP contribution in [0.3, 0.4) is 0 Å². The van der Waals surface area contributed by atoms with Gasteiger partial charge in [0.15, 0.2) is 0 Å². The summed E-state index contributed by atoms with van der Waals surface area (Å²) in [5, 5.41) is 2.22. The van der Waals surface area contributed by atoms with Crippen LogP contribution in [-0.4, -0.2) is 10.8 Å². The Morgan fingerprint density at radius 2 is 1.00 bits per heavy atom. The maximum absolute atomic E-state index is 6.61. The lowest BCUT2D eigenvalue weighted by molar-refractivity contribution is -0.0778. The van der Waals surface area contributed by atoms with E-state index < -0.39 is 5.79 Å². The fourth-order valence-corrected chi connectivity index (χ4v) is 6.68. The van der Waals surface area contributed by atoms with Crippen LogP contribution in [0.4, 0.5) is 0 Å². The molecule has 9 rings (SSSR count). The lowest BCUT2D eigenvalue weighted by Crippen LogP contribution is -2.34. The SMILES string of the molecule is CC1(C)Oc2cc(-c3cc(-c4ccccc4)nc(-c4ccccc4)c3)ccc2-c2cc(-c3ccc4oc5ccccc5c4c3)ccc2O1. The van der Waals surface area contributed by atoms with Crippen molar-refractivity contribution in [1.29, 1.82) is 0 Å². The highest BCUT2D eigenvalue weighted by atomic mass is 16.7. The summed E-state index contributed by atoms with van der Waals surface area (Å²) >= 11 is 0. The Labute approximate surface area is 278 Å². The van der Waals surface area contributed by atoms with Gasteiger partial charge < -0.3 is 13.9 Å². The molecule has 4 nitrogen and oxygen atoms in total. The van der Waals surface area contributed by atoms with Crippen molar-refractivity contribution in [2.75, 3.05) is 0 Å². The summed E-state index contributed by atoms with van der Waals surface area (Å²) in [6.45, 7) is 3.91. The molecule has 1 aliphatic rings. The molecular weight excluding hydrogens is 590 g/mol. The Balaban J connectivity index is 1.17. The number of aromatic nitrogens is 1. The second-order valence-corrected chi connectivity index (χ2v) is 12.7. The molecule has 6 aromatic carbocycles. The fourth-order valence-electron chi connectivity index (χ4n) is 6.68. The Kier molecular flexibility index (Phi) is 6.44. The highest BCUT2D eigenvalue weighted by molar-refractivity contribution is 6.06. The Morgan fingerprint density at radius 3 is 1.75 bits per heavy atom. The molecule has 3 heterocycles. The number of benzene rings is 6. The molecule has 0 aliphatic carbocycles. The van der Waals surface area contributed by atoms with Gasteiger partial charge in [-0.1, -0.05) is 97.1 Å². The van der Waals surface area contributed by atoms with Crippen molar-refractivity contribution < 1.29 is 13.9 Å². The van der Waals surface area contributed by atoms with Crippen molar-refractivity contribution in [3.63, 3.8) is 0 Å². The maximum atomic E-state index is 6.61. The van der Waals surface area contributed by atoms with Crippen molar-refractivity contribution in [2.24, 2.45) is 0 Å². The molecule has 0 bridgehead atoms. The van der Waals surface area contributed by atoms with Crippen LogP contribution in [0.2, 0.25) is 0 Å². The number of pyridine rings is 1. The van der Waals surface area contributed by atoms with Gasteiger partial charge in [-0.15, -0.1) is 0 Å². The summed E-state index contributed by atoms with van der Waals surface area (Å²) in [5.74, 6) is 0.674. The zero-order valence-electron chi connectivity index (χ0n) is 26.6. The molecule has 0 fully saturated rings. The van der Waals surface area contributed by atoms with Crippen LogP contribution in [0.15, 0.2) is 156 Å². The van der Waals surface area contributed by atoms with Crippen molar-refractivity contribution in [2.45, 2.75) is 19.6 Å². The second kappa shape index (κ2) is 11.0. The van der Waals surface area contributed by atoms with Gasteiger partial charge in [0.25, 0.3) is 0 Å². The number of rotatable bonds is 4. The van der Waals surface area contributed by atoms with E-state index in [1.165, 1.54) is 0 Å². The van der Waals surface area contributed by atoms with Gasteiger partial charge in [0.1, 0.15) is 22.7 Å². The first-order valence-electron chi connectivity index (χ1n) is 16.2. The van der Waals surface area contributed by atoms with Gasteiger partial charge in [0, 0.05) is 46.9 Å². The molecule has 0 saturated carbocycles. The van der Waals surface area contributed by atoms with Gasteiger partial charge in [-0.05, 0) is 76.9 Å². The number of hydrogen-bond acceptors (Lipinski definition) is 4. The predicted octanol–water partition coefficient (Wildman–Crippen LogP) is 11.8. The van der Waals surface area contributed by atoms with E-state index >= 15 is 0 Å². The molecule has 48 heavy (non-hydrogen) atoms. The number of hydrogen-bond donors (Lipinski definition) is 0. The zero-order chi connectivity index (χ0) is 32.2. The van der Waals surface area contributed by atoms with Gasteiger partial charge in [-0.2, -0.15) is 0 Å². The average molecular weight is 622 g/mol. The molecule has 0 unspecified atom stereocenters. The molecular formula is C44H31NO3. The van der Waals surface area contributed by atoms with E-state index in [2.05, 4.69) is 97.1 Å². The Bertz CT molecular complexity index is 2420. The zero-order valence-corrected chi connectivity index (χ0v) is 26.6. The van der Waals surface area contributed by atoms with E-state index in [1.807, 2.05) is 68.4 Å². The first-order valence-corrected chi connectivity index (χ1v) is 16.2. The first-order chi connectivity index (χ1) is 23.5. The lowest BCUT2D eigenvalue weighted by atomic mass is 9.94. The Hall–Kier alpha value is -6.13. The smallest absolute Gasteiger partial charge is 0.245 e. The molecule has 230 valence electrons. The van der Waals surface area contributed by atoms with E-state index in [9.17, 15) is 0 Å². The minimum atomic E-state index is -0.878. The highest BCUT2D eigenvalue weighted by Gasteiger charge is 2.30. The molecule has 1 aliphatic heterocycles. The summed E-state index contributed by atoms with van der Waals surface area (Å²) < 4.78 is 19.2. The topological polar surface area (TPSA) is 44.5 Å². The number of para-hydroxylation sites is 1.